The molecule has 1 amide bonds. The Balaban J connectivity index is 1.76. The van der Waals surface area contributed by atoms with Gasteiger partial charge in [0, 0.05) is 6.54 Å². The van der Waals surface area contributed by atoms with Crippen molar-refractivity contribution in [3.63, 3.8) is 0 Å². The lowest BCUT2D eigenvalue weighted by atomic mass is 9.73. The molecular formula is C11H17NO3. The Bertz CT molecular complexity index is 273. The van der Waals surface area contributed by atoms with E-state index in [0.29, 0.717) is 5.92 Å². The van der Waals surface area contributed by atoms with E-state index in [-0.39, 0.29) is 23.7 Å². The summed E-state index contributed by atoms with van der Waals surface area (Å²) in [5.41, 5.74) is 0. The smallest absolute Gasteiger partial charge is 0.309 e. The average Bonchev–Trinajstić information content (AvgIpc) is 2.96. The minimum absolute atomic E-state index is 0.0311. The molecule has 2 aliphatic carbocycles. The number of hydrogen-bond donors (Lipinski definition) is 1. The van der Waals surface area contributed by atoms with Crippen molar-refractivity contribution >= 4 is 11.9 Å². The summed E-state index contributed by atoms with van der Waals surface area (Å²) in [6.45, 7) is 0.781. The lowest BCUT2D eigenvalue weighted by Crippen LogP contribution is -2.44. The van der Waals surface area contributed by atoms with Gasteiger partial charge in [-0.3, -0.25) is 9.59 Å². The van der Waals surface area contributed by atoms with E-state index < -0.39 is 0 Å². The maximum Gasteiger partial charge on any atom is 0.309 e. The first-order valence-electron chi connectivity index (χ1n) is 5.58. The van der Waals surface area contributed by atoms with Crippen LogP contribution < -0.4 is 5.32 Å². The fourth-order valence-electron chi connectivity index (χ4n) is 1.95. The molecule has 0 aromatic carbocycles. The van der Waals surface area contributed by atoms with E-state index in [1.807, 2.05) is 0 Å². The summed E-state index contributed by atoms with van der Waals surface area (Å²) in [7, 11) is 1.37. The molecule has 0 aromatic heterocycles. The van der Waals surface area contributed by atoms with E-state index in [1.165, 1.54) is 20.0 Å². The normalized spacial score (nSPS) is 29.1. The van der Waals surface area contributed by atoms with Gasteiger partial charge in [-0.15, -0.1) is 0 Å². The maximum atomic E-state index is 11.7. The zero-order valence-electron chi connectivity index (χ0n) is 8.99. The predicted molar refractivity (Wildman–Crippen MR) is 54.0 cm³/mol. The molecule has 2 saturated carbocycles. The van der Waals surface area contributed by atoms with Gasteiger partial charge in [-0.05, 0) is 31.6 Å². The molecule has 0 saturated heterocycles. The van der Waals surface area contributed by atoms with Crippen LogP contribution in [0, 0.1) is 17.8 Å². The molecule has 2 aliphatic rings. The van der Waals surface area contributed by atoms with Gasteiger partial charge < -0.3 is 10.1 Å². The largest absolute Gasteiger partial charge is 0.469 e. The van der Waals surface area contributed by atoms with Crippen molar-refractivity contribution < 1.29 is 14.3 Å². The summed E-state index contributed by atoms with van der Waals surface area (Å²) in [6, 6.07) is 0. The van der Waals surface area contributed by atoms with Crippen LogP contribution in [0.4, 0.5) is 0 Å². The number of methoxy groups -OCH3 is 1. The summed E-state index contributed by atoms with van der Waals surface area (Å²) in [5.74, 6) is 0.132. The summed E-state index contributed by atoms with van der Waals surface area (Å²) >= 11 is 0. The monoisotopic (exact) mass is 211 g/mol. The summed E-state index contributed by atoms with van der Waals surface area (Å²) in [5, 5.41) is 2.91. The highest BCUT2D eigenvalue weighted by molar-refractivity contribution is 5.86. The number of carbonyl (C=O) groups is 2. The fraction of sp³-hybridized carbons (Fsp3) is 0.818. The van der Waals surface area contributed by atoms with Gasteiger partial charge in [-0.2, -0.15) is 0 Å². The molecule has 0 aliphatic heterocycles. The van der Waals surface area contributed by atoms with Gasteiger partial charge in [-0.1, -0.05) is 0 Å². The summed E-state index contributed by atoms with van der Waals surface area (Å²) < 4.78 is 4.65. The van der Waals surface area contributed by atoms with Crippen molar-refractivity contribution in [3.05, 3.63) is 0 Å². The number of hydrogen-bond acceptors (Lipinski definition) is 3. The zero-order chi connectivity index (χ0) is 10.8. The van der Waals surface area contributed by atoms with E-state index in [0.717, 1.165) is 19.4 Å². The number of ether oxygens (including phenoxy) is 1. The molecule has 2 fully saturated rings. The van der Waals surface area contributed by atoms with E-state index in [9.17, 15) is 9.59 Å². The number of rotatable bonds is 4. The van der Waals surface area contributed by atoms with E-state index in [2.05, 4.69) is 10.1 Å². The second-order valence-corrected chi connectivity index (χ2v) is 4.50. The van der Waals surface area contributed by atoms with Crippen molar-refractivity contribution in [2.45, 2.75) is 25.7 Å². The van der Waals surface area contributed by atoms with Gasteiger partial charge in [0.1, 0.15) is 0 Å². The molecule has 15 heavy (non-hydrogen) atoms. The van der Waals surface area contributed by atoms with Gasteiger partial charge in [-0.25, -0.2) is 0 Å². The van der Waals surface area contributed by atoms with Crippen molar-refractivity contribution in [3.8, 4) is 0 Å². The second kappa shape index (κ2) is 4.21. The molecule has 1 N–H and O–H groups in total. The van der Waals surface area contributed by atoms with Crippen molar-refractivity contribution in [1.82, 2.24) is 5.32 Å². The van der Waals surface area contributed by atoms with Crippen LogP contribution in [-0.4, -0.2) is 25.5 Å². The third kappa shape index (κ3) is 2.30. The minimum Gasteiger partial charge on any atom is -0.469 e. The van der Waals surface area contributed by atoms with Crippen LogP contribution in [0.1, 0.15) is 25.7 Å². The standard InChI is InChI=1S/C11H17NO3/c1-15-11(14)9-5-4-8(9)10(13)12-6-7-2-3-7/h7-9H,2-6H2,1H3,(H,12,13). The first-order chi connectivity index (χ1) is 7.22. The average molecular weight is 211 g/mol. The van der Waals surface area contributed by atoms with Crippen LogP contribution in [0.25, 0.3) is 0 Å². The van der Waals surface area contributed by atoms with Crippen LogP contribution in [-0.2, 0) is 14.3 Å². The number of carbonyl (C=O) groups excluding carboxylic acids is 2. The van der Waals surface area contributed by atoms with Gasteiger partial charge in [0.05, 0.1) is 18.9 Å². The minimum atomic E-state index is -0.243. The first kappa shape index (κ1) is 10.5. The van der Waals surface area contributed by atoms with Gasteiger partial charge in [0.25, 0.3) is 0 Å². The molecule has 0 radical (unpaired) electrons. The topological polar surface area (TPSA) is 55.4 Å². The molecule has 0 heterocycles. The molecule has 2 unspecified atom stereocenters. The van der Waals surface area contributed by atoms with Crippen LogP contribution in [0.15, 0.2) is 0 Å². The van der Waals surface area contributed by atoms with E-state index in [4.69, 9.17) is 0 Å². The molecule has 0 bridgehead atoms. The van der Waals surface area contributed by atoms with Crippen LogP contribution in [0.5, 0.6) is 0 Å². The third-order valence-electron chi connectivity index (χ3n) is 3.38. The number of esters is 1. The van der Waals surface area contributed by atoms with Crippen LogP contribution in [0.2, 0.25) is 0 Å². The van der Waals surface area contributed by atoms with E-state index in [1.54, 1.807) is 0 Å². The zero-order valence-corrected chi connectivity index (χ0v) is 8.99. The second-order valence-electron chi connectivity index (χ2n) is 4.50. The molecule has 0 spiro atoms. The summed E-state index contributed by atoms with van der Waals surface area (Å²) in [4.78, 5) is 22.9. The van der Waals surface area contributed by atoms with E-state index >= 15 is 0 Å². The van der Waals surface area contributed by atoms with Gasteiger partial charge in [0.15, 0.2) is 0 Å². The summed E-state index contributed by atoms with van der Waals surface area (Å²) in [6.07, 6.45) is 4.06. The lowest BCUT2D eigenvalue weighted by molar-refractivity contribution is -0.155. The van der Waals surface area contributed by atoms with Crippen molar-refractivity contribution in [2.75, 3.05) is 13.7 Å². The van der Waals surface area contributed by atoms with Crippen LogP contribution >= 0.6 is 0 Å². The Hall–Kier alpha value is -1.06. The Morgan fingerprint density at radius 2 is 1.87 bits per heavy atom. The molecule has 4 nitrogen and oxygen atoms in total. The molecule has 2 atom stereocenters. The van der Waals surface area contributed by atoms with Gasteiger partial charge >= 0.3 is 5.97 Å². The molecule has 0 aromatic rings. The number of nitrogens with one attached hydrogen (secondary N) is 1. The SMILES string of the molecule is COC(=O)C1CCC1C(=O)NCC1CC1. The Kier molecular flexibility index (Phi) is 2.93. The predicted octanol–water partition coefficient (Wildman–Crippen LogP) is 0.712. The van der Waals surface area contributed by atoms with Gasteiger partial charge in [0.2, 0.25) is 5.91 Å². The molecule has 4 heteroatoms. The third-order valence-corrected chi connectivity index (χ3v) is 3.38. The highest BCUT2D eigenvalue weighted by Crippen LogP contribution is 2.35. The molecule has 84 valence electrons. The quantitative estimate of drug-likeness (QED) is 0.697. The highest BCUT2D eigenvalue weighted by atomic mass is 16.5. The Labute approximate surface area is 89.4 Å². The Morgan fingerprint density at radius 3 is 2.33 bits per heavy atom. The fourth-order valence-corrected chi connectivity index (χ4v) is 1.95. The molecular weight excluding hydrogens is 194 g/mol. The molecule has 2 rings (SSSR count). The van der Waals surface area contributed by atoms with Crippen molar-refractivity contribution in [2.24, 2.45) is 17.8 Å². The van der Waals surface area contributed by atoms with Crippen molar-refractivity contribution in [1.29, 1.82) is 0 Å². The maximum absolute atomic E-state index is 11.7. The Morgan fingerprint density at radius 1 is 1.20 bits per heavy atom. The number of amides is 1. The lowest BCUT2D eigenvalue weighted by Gasteiger charge is -2.32. The van der Waals surface area contributed by atoms with Crippen LogP contribution in [0.3, 0.4) is 0 Å². The first-order valence-corrected chi connectivity index (χ1v) is 5.58. The highest BCUT2D eigenvalue weighted by Gasteiger charge is 2.42.